The first-order chi connectivity index (χ1) is 16.3. The monoisotopic (exact) mass is 468 g/mol. The SMILES string of the molecule is Cc1c(C(=O)C(=O)NC2(C3=CNNN3)CC2)c2n(c1C(=O)Nc1ccc(F)c(F)c1)[C@@H]1C[C@@H]1C2. The molecule has 2 saturated carbocycles. The average Bonchev–Trinajstić information content (AvgIpc) is 3.59. The lowest BCUT2D eigenvalue weighted by atomic mass is 10.0. The summed E-state index contributed by atoms with van der Waals surface area (Å²) in [5.41, 5.74) is 10.3. The lowest BCUT2D eigenvalue weighted by Gasteiger charge is -2.18. The molecule has 6 rings (SSSR count). The van der Waals surface area contributed by atoms with Crippen molar-refractivity contribution >= 4 is 23.3 Å². The van der Waals surface area contributed by atoms with Gasteiger partial charge in [-0.15, -0.1) is 0 Å². The van der Waals surface area contributed by atoms with Gasteiger partial charge in [0.25, 0.3) is 17.6 Å². The Morgan fingerprint density at radius 2 is 1.97 bits per heavy atom. The van der Waals surface area contributed by atoms with Crippen LogP contribution in [0.5, 0.6) is 0 Å². The minimum Gasteiger partial charge on any atom is -0.338 e. The summed E-state index contributed by atoms with van der Waals surface area (Å²) in [6.07, 6.45) is 4.62. The number of hydrogen-bond donors (Lipinski definition) is 5. The number of aromatic nitrogens is 1. The number of amides is 2. The van der Waals surface area contributed by atoms with Crippen LogP contribution < -0.4 is 27.0 Å². The molecule has 0 unspecified atom stereocenters. The quantitative estimate of drug-likeness (QED) is 0.326. The van der Waals surface area contributed by atoms with E-state index in [1.165, 1.54) is 6.07 Å². The Morgan fingerprint density at radius 3 is 2.65 bits per heavy atom. The Bertz CT molecular complexity index is 1310. The van der Waals surface area contributed by atoms with E-state index in [4.69, 9.17) is 0 Å². The van der Waals surface area contributed by atoms with Crippen LogP contribution in [-0.2, 0) is 11.2 Å². The van der Waals surface area contributed by atoms with E-state index in [9.17, 15) is 23.2 Å². The molecule has 5 N–H and O–H groups in total. The molecule has 0 radical (unpaired) electrons. The number of carbonyl (C=O) groups is 3. The van der Waals surface area contributed by atoms with E-state index < -0.39 is 34.8 Å². The van der Waals surface area contributed by atoms with Crippen molar-refractivity contribution in [3.05, 3.63) is 64.2 Å². The van der Waals surface area contributed by atoms with Gasteiger partial charge in [-0.1, -0.05) is 0 Å². The zero-order valence-corrected chi connectivity index (χ0v) is 18.2. The first kappa shape index (κ1) is 20.8. The third-order valence-corrected chi connectivity index (χ3v) is 7.15. The molecule has 0 saturated heterocycles. The number of hydrazine groups is 2. The number of nitrogens with zero attached hydrogens (tertiary/aromatic N) is 1. The predicted molar refractivity (Wildman–Crippen MR) is 116 cm³/mol. The van der Waals surface area contributed by atoms with Crippen LogP contribution in [0.15, 0.2) is 30.1 Å². The van der Waals surface area contributed by atoms with Crippen molar-refractivity contribution in [3.63, 3.8) is 0 Å². The molecule has 3 heterocycles. The van der Waals surface area contributed by atoms with Gasteiger partial charge in [0.2, 0.25) is 0 Å². The second-order valence-corrected chi connectivity index (χ2v) is 9.33. The molecule has 2 atom stereocenters. The van der Waals surface area contributed by atoms with Gasteiger partial charge in [-0.05, 0) is 56.2 Å². The summed E-state index contributed by atoms with van der Waals surface area (Å²) >= 11 is 0. The van der Waals surface area contributed by atoms with Crippen LogP contribution in [0.4, 0.5) is 14.5 Å². The lowest BCUT2D eigenvalue weighted by Crippen LogP contribution is -2.46. The van der Waals surface area contributed by atoms with Crippen LogP contribution >= 0.6 is 0 Å². The summed E-state index contributed by atoms with van der Waals surface area (Å²) in [5, 5.41) is 5.45. The minimum atomic E-state index is -1.07. The minimum absolute atomic E-state index is 0.101. The molecule has 9 nitrogen and oxygen atoms in total. The summed E-state index contributed by atoms with van der Waals surface area (Å²) in [6.45, 7) is 1.64. The molecular weight excluding hydrogens is 446 g/mol. The average molecular weight is 468 g/mol. The normalized spacial score (nSPS) is 22.6. The maximum absolute atomic E-state index is 13.6. The largest absolute Gasteiger partial charge is 0.338 e. The fourth-order valence-electron chi connectivity index (χ4n) is 5.18. The van der Waals surface area contributed by atoms with E-state index in [0.717, 1.165) is 24.3 Å². The summed E-state index contributed by atoms with van der Waals surface area (Å²) in [5.74, 6) is -3.69. The summed E-state index contributed by atoms with van der Waals surface area (Å²) in [7, 11) is 0. The summed E-state index contributed by atoms with van der Waals surface area (Å²) in [6, 6.07) is 3.21. The number of carbonyl (C=O) groups excluding carboxylic acids is 3. The molecule has 34 heavy (non-hydrogen) atoms. The number of nitrogens with one attached hydrogen (secondary N) is 5. The number of hydrogen-bond acceptors (Lipinski definition) is 6. The van der Waals surface area contributed by atoms with Gasteiger partial charge < -0.3 is 26.1 Å². The van der Waals surface area contributed by atoms with Crippen LogP contribution in [0.3, 0.4) is 0 Å². The highest BCUT2D eigenvalue weighted by molar-refractivity contribution is 6.44. The molecule has 2 aliphatic carbocycles. The van der Waals surface area contributed by atoms with Crippen molar-refractivity contribution in [1.29, 1.82) is 0 Å². The first-order valence-corrected chi connectivity index (χ1v) is 11.1. The molecule has 2 aliphatic heterocycles. The van der Waals surface area contributed by atoms with Crippen LogP contribution in [-0.4, -0.2) is 27.7 Å². The summed E-state index contributed by atoms with van der Waals surface area (Å²) in [4.78, 5) is 39.5. The Balaban J connectivity index is 1.30. The van der Waals surface area contributed by atoms with Crippen molar-refractivity contribution in [1.82, 2.24) is 26.3 Å². The lowest BCUT2D eigenvalue weighted by molar-refractivity contribution is -0.117. The van der Waals surface area contributed by atoms with Crippen molar-refractivity contribution in [3.8, 4) is 0 Å². The zero-order chi connectivity index (χ0) is 23.8. The molecule has 0 bridgehead atoms. The fourth-order valence-corrected chi connectivity index (χ4v) is 5.18. The smallest absolute Gasteiger partial charge is 0.293 e. The number of benzene rings is 1. The highest BCUT2D eigenvalue weighted by Crippen LogP contribution is 2.54. The Labute approximate surface area is 192 Å². The predicted octanol–water partition coefficient (Wildman–Crippen LogP) is 1.73. The molecule has 2 amide bonds. The van der Waals surface area contributed by atoms with Gasteiger partial charge in [-0.3, -0.25) is 14.4 Å². The van der Waals surface area contributed by atoms with E-state index in [1.54, 1.807) is 13.1 Å². The number of ketones is 1. The van der Waals surface area contributed by atoms with Gasteiger partial charge in [0.15, 0.2) is 11.6 Å². The third-order valence-electron chi connectivity index (χ3n) is 7.15. The third kappa shape index (κ3) is 3.11. The number of rotatable bonds is 6. The maximum Gasteiger partial charge on any atom is 0.293 e. The van der Waals surface area contributed by atoms with Gasteiger partial charge in [0, 0.05) is 29.7 Å². The molecule has 1 aromatic carbocycles. The van der Waals surface area contributed by atoms with Crippen LogP contribution in [0.25, 0.3) is 0 Å². The molecule has 11 heteroatoms. The molecule has 2 aromatic rings. The van der Waals surface area contributed by atoms with Gasteiger partial charge in [-0.2, -0.15) is 5.53 Å². The highest BCUT2D eigenvalue weighted by atomic mass is 19.2. The van der Waals surface area contributed by atoms with Crippen molar-refractivity contribution in [2.75, 3.05) is 5.32 Å². The maximum atomic E-state index is 13.6. The van der Waals surface area contributed by atoms with E-state index >= 15 is 0 Å². The van der Waals surface area contributed by atoms with Gasteiger partial charge in [-0.25, -0.2) is 8.78 Å². The standard InChI is InChI=1S/C23H22F2N6O3/c1-10-18(20(32)22(34)28-23(4-5-23)17-9-26-30-29-17)16-7-11-6-15(11)31(16)19(10)21(33)27-12-2-3-13(24)14(25)8-12/h2-3,8-9,11,15,26,29-30H,4-7H2,1H3,(H,27,33)(H,28,34)/t11-,15-/m1/s1. The van der Waals surface area contributed by atoms with E-state index in [1.807, 2.05) is 4.57 Å². The van der Waals surface area contributed by atoms with Crippen molar-refractivity contribution < 1.29 is 23.2 Å². The molecule has 0 spiro atoms. The second kappa shape index (κ2) is 7.13. The summed E-state index contributed by atoms with van der Waals surface area (Å²) < 4.78 is 28.7. The molecule has 2 fully saturated rings. The zero-order valence-electron chi connectivity index (χ0n) is 18.2. The Kier molecular flexibility index (Phi) is 4.37. The van der Waals surface area contributed by atoms with Crippen molar-refractivity contribution in [2.45, 2.75) is 44.2 Å². The van der Waals surface area contributed by atoms with Gasteiger partial charge >= 0.3 is 0 Å². The van der Waals surface area contributed by atoms with Crippen LogP contribution in [0, 0.1) is 24.5 Å². The topological polar surface area (TPSA) is 116 Å². The molecule has 1 aromatic heterocycles. The van der Waals surface area contributed by atoms with Crippen molar-refractivity contribution in [2.24, 2.45) is 5.92 Å². The molecular formula is C23H22F2N6O3. The fraction of sp³-hybridized carbons (Fsp3) is 0.348. The van der Waals surface area contributed by atoms with E-state index in [0.29, 0.717) is 36.4 Å². The van der Waals surface area contributed by atoms with E-state index in [-0.39, 0.29) is 23.0 Å². The van der Waals surface area contributed by atoms with Crippen LogP contribution in [0.1, 0.15) is 57.4 Å². The first-order valence-electron chi connectivity index (χ1n) is 11.1. The number of Topliss-reactive ketones (excluding diaryl/α,β-unsaturated/α-hetero) is 1. The van der Waals surface area contributed by atoms with Gasteiger partial charge in [0.05, 0.1) is 16.8 Å². The Hall–Kier alpha value is -3.73. The molecule has 176 valence electrons. The molecule has 4 aliphatic rings. The second-order valence-electron chi connectivity index (χ2n) is 9.33. The number of halogens is 2. The highest BCUT2D eigenvalue weighted by Gasteiger charge is 2.52. The number of anilines is 1. The van der Waals surface area contributed by atoms with E-state index in [2.05, 4.69) is 27.0 Å². The number of fused-ring (bicyclic) bond motifs is 3. The Morgan fingerprint density at radius 1 is 1.18 bits per heavy atom. The van der Waals surface area contributed by atoms with Crippen LogP contribution in [0.2, 0.25) is 0 Å². The van der Waals surface area contributed by atoms with Gasteiger partial charge in [0.1, 0.15) is 5.69 Å².